The molecule has 0 N–H and O–H groups in total. The molecule has 0 atom stereocenters. The Morgan fingerprint density at radius 1 is 0.483 bits per heavy atom. The van der Waals surface area contributed by atoms with E-state index in [1.165, 1.54) is 21.2 Å². The molecule has 0 amide bonds. The summed E-state index contributed by atoms with van der Waals surface area (Å²) in [6, 6.07) is 45.6. The van der Waals surface area contributed by atoms with Gasteiger partial charge in [0, 0.05) is 28.0 Å². The number of halogens is 2. The van der Waals surface area contributed by atoms with Gasteiger partial charge in [-0.2, -0.15) is 0 Å². The number of hydrogen-bond acceptors (Lipinski definition) is 1. The number of hydrogen-bond donors (Lipinski definition) is 0. The van der Waals surface area contributed by atoms with E-state index in [1.54, 1.807) is 0 Å². The van der Waals surface area contributed by atoms with Crippen LogP contribution in [0.3, 0.4) is 0 Å². The van der Waals surface area contributed by atoms with Crippen molar-refractivity contribution in [3.8, 4) is 22.4 Å². The lowest BCUT2D eigenvalue weighted by atomic mass is 9.85. The molecule has 0 radical (unpaired) electrons. The standard InChI is InChI=1S/C55H59BF2N2/c1-52(2,3)41-26-18-36(19-27-41)45-34-47(38-22-30-43(31-23-38)54(7,8)9)59-50(45)49(40-16-14-13-15-17-40)51-46(37-20-28-42(29-21-37)53(4,5)6)35-48(60(51)56(57)58)39-24-32-44(33-25-39)55(10,11)12/h13-35H,1-12H3/b50-49-. The Labute approximate surface area is 358 Å². The number of rotatable bonds is 7. The highest BCUT2D eigenvalue weighted by molar-refractivity contribution is 6.42. The fraction of sp³-hybridized carbons (Fsp3) is 0.291. The molecule has 1 aliphatic heterocycles. The fourth-order valence-corrected chi connectivity index (χ4v) is 7.97. The Kier molecular flexibility index (Phi) is 11.2. The molecule has 0 unspecified atom stereocenters. The van der Waals surface area contributed by atoms with Crippen molar-refractivity contribution in [2.45, 2.75) is 105 Å². The number of nitrogens with zero attached hydrogens (tertiary/aromatic N) is 2. The topological polar surface area (TPSA) is 17.3 Å². The summed E-state index contributed by atoms with van der Waals surface area (Å²) in [5, 5.41) is 0. The van der Waals surface area contributed by atoms with Gasteiger partial charge in [0.25, 0.3) is 0 Å². The van der Waals surface area contributed by atoms with E-state index >= 15 is 8.63 Å². The molecule has 5 heteroatoms. The van der Waals surface area contributed by atoms with Crippen LogP contribution in [0.1, 0.15) is 128 Å². The zero-order valence-corrected chi connectivity index (χ0v) is 37.5. The Morgan fingerprint density at radius 2 is 0.883 bits per heavy atom. The zero-order valence-electron chi connectivity index (χ0n) is 37.5. The number of aliphatic imine (C=N–C) groups is 1. The van der Waals surface area contributed by atoms with Crippen molar-refractivity contribution >= 4 is 24.3 Å². The van der Waals surface area contributed by atoms with Crippen molar-refractivity contribution in [3.63, 3.8) is 0 Å². The molecule has 0 aliphatic carbocycles. The molecular weight excluding hydrogens is 737 g/mol. The highest BCUT2D eigenvalue weighted by Gasteiger charge is 2.34. The predicted octanol–water partition coefficient (Wildman–Crippen LogP) is 15.1. The molecule has 5 aromatic carbocycles. The maximum Gasteiger partial charge on any atom is 0.678 e. The molecule has 7 rings (SSSR count). The minimum absolute atomic E-state index is 0.00963. The first kappa shape index (κ1) is 42.6. The molecule has 0 fully saturated rings. The summed E-state index contributed by atoms with van der Waals surface area (Å²) in [5.41, 5.74) is 13.5. The predicted molar refractivity (Wildman–Crippen MR) is 253 cm³/mol. The van der Waals surface area contributed by atoms with E-state index in [0.717, 1.165) is 50.2 Å². The third-order valence-electron chi connectivity index (χ3n) is 11.8. The van der Waals surface area contributed by atoms with E-state index in [9.17, 15) is 0 Å². The lowest BCUT2D eigenvalue weighted by Gasteiger charge is -2.21. The lowest BCUT2D eigenvalue weighted by Crippen LogP contribution is -2.18. The van der Waals surface area contributed by atoms with Gasteiger partial charge in [-0.3, -0.25) is 8.63 Å². The van der Waals surface area contributed by atoms with Crippen LogP contribution in [-0.2, 0) is 21.7 Å². The van der Waals surface area contributed by atoms with Crippen molar-refractivity contribution in [2.75, 3.05) is 0 Å². The summed E-state index contributed by atoms with van der Waals surface area (Å²) >= 11 is 0. The first-order valence-electron chi connectivity index (χ1n) is 21.2. The summed E-state index contributed by atoms with van der Waals surface area (Å²) in [5.74, 6) is 0. The fourth-order valence-electron chi connectivity index (χ4n) is 7.97. The number of aromatic nitrogens is 1. The quantitative estimate of drug-likeness (QED) is 0.143. The second-order valence-corrected chi connectivity index (χ2v) is 20.4. The minimum Gasteiger partial charge on any atom is -0.324 e. The SMILES string of the molecule is CC(C)(C)c1ccc(C2=CC(c3ccc(C(C)(C)C)cc3)=N/C2=C(/c2ccccc2)c2c(-c3ccc(C(C)(C)C)cc3)cc(-c3ccc(C(C)(C)C)cc3)n2B(F)F)cc1. The van der Waals surface area contributed by atoms with Crippen LogP contribution in [0.5, 0.6) is 0 Å². The van der Waals surface area contributed by atoms with Crippen LogP contribution in [0.2, 0.25) is 0 Å². The van der Waals surface area contributed by atoms with E-state index in [1.807, 2.05) is 48.5 Å². The van der Waals surface area contributed by atoms with Gasteiger partial charge in [0.2, 0.25) is 0 Å². The Hall–Kier alpha value is -5.55. The largest absolute Gasteiger partial charge is 0.678 e. The average Bonchev–Trinajstić information content (AvgIpc) is 3.81. The van der Waals surface area contributed by atoms with Crippen molar-refractivity contribution in [1.82, 2.24) is 4.48 Å². The molecule has 1 aromatic heterocycles. The van der Waals surface area contributed by atoms with Crippen LogP contribution in [0.25, 0.3) is 33.5 Å². The Balaban J connectivity index is 1.59. The second kappa shape index (κ2) is 15.8. The maximum absolute atomic E-state index is 16.3. The number of allylic oxidation sites excluding steroid dienone is 2. The Morgan fingerprint density at radius 3 is 1.30 bits per heavy atom. The van der Waals surface area contributed by atoms with Gasteiger partial charge in [0.1, 0.15) is 0 Å². The van der Waals surface area contributed by atoms with Crippen LogP contribution in [0, 0.1) is 0 Å². The van der Waals surface area contributed by atoms with Crippen molar-refractivity contribution in [3.05, 3.63) is 190 Å². The van der Waals surface area contributed by atoms with Gasteiger partial charge < -0.3 is 4.48 Å². The first-order valence-corrected chi connectivity index (χ1v) is 21.2. The van der Waals surface area contributed by atoms with E-state index in [4.69, 9.17) is 4.99 Å². The molecule has 0 spiro atoms. The van der Waals surface area contributed by atoms with Gasteiger partial charge in [0.05, 0.1) is 17.1 Å². The van der Waals surface area contributed by atoms with Gasteiger partial charge >= 0.3 is 7.40 Å². The van der Waals surface area contributed by atoms with E-state index in [-0.39, 0.29) is 21.7 Å². The zero-order chi connectivity index (χ0) is 43.4. The molecule has 0 bridgehead atoms. The first-order chi connectivity index (χ1) is 28.1. The maximum atomic E-state index is 16.3. The third kappa shape index (κ3) is 8.68. The monoisotopic (exact) mass is 796 g/mol. The second-order valence-electron chi connectivity index (χ2n) is 20.4. The molecule has 1 aliphatic rings. The van der Waals surface area contributed by atoms with Gasteiger partial charge in [0.15, 0.2) is 0 Å². The molecule has 0 saturated carbocycles. The van der Waals surface area contributed by atoms with Gasteiger partial charge in [-0.25, -0.2) is 4.99 Å². The molecule has 2 heterocycles. The van der Waals surface area contributed by atoms with Crippen molar-refractivity contribution in [2.24, 2.45) is 4.99 Å². The number of benzene rings is 5. The molecule has 0 saturated heterocycles. The minimum atomic E-state index is -2.85. The summed E-state index contributed by atoms with van der Waals surface area (Å²) in [6.45, 7) is 26.3. The van der Waals surface area contributed by atoms with E-state index < -0.39 is 7.40 Å². The highest BCUT2D eigenvalue weighted by Crippen LogP contribution is 2.46. The normalized spacial score (nSPS) is 14.6. The van der Waals surface area contributed by atoms with Gasteiger partial charge in [-0.05, 0) is 78.3 Å². The molecular formula is C55H59BF2N2. The summed E-state index contributed by atoms with van der Waals surface area (Å²) in [7, 11) is -2.85. The molecule has 6 aromatic rings. The lowest BCUT2D eigenvalue weighted by molar-refractivity contribution is 0.590. The van der Waals surface area contributed by atoms with Crippen LogP contribution in [-0.4, -0.2) is 17.6 Å². The van der Waals surface area contributed by atoms with Crippen LogP contribution in [0.4, 0.5) is 8.63 Å². The van der Waals surface area contributed by atoms with E-state index in [0.29, 0.717) is 22.7 Å². The summed E-state index contributed by atoms with van der Waals surface area (Å²) in [4.78, 5) is 5.48. The summed E-state index contributed by atoms with van der Waals surface area (Å²) < 4.78 is 33.8. The third-order valence-corrected chi connectivity index (χ3v) is 11.8. The van der Waals surface area contributed by atoms with Crippen LogP contribution in [0.15, 0.2) is 150 Å². The summed E-state index contributed by atoms with van der Waals surface area (Å²) in [6.07, 6.45) is 2.13. The van der Waals surface area contributed by atoms with Gasteiger partial charge in [-0.1, -0.05) is 210 Å². The van der Waals surface area contributed by atoms with Crippen LogP contribution >= 0.6 is 0 Å². The molecule has 306 valence electrons. The average molecular weight is 797 g/mol. The highest BCUT2D eigenvalue weighted by atomic mass is 19.2. The molecule has 2 nitrogen and oxygen atoms in total. The van der Waals surface area contributed by atoms with Crippen molar-refractivity contribution in [1.29, 1.82) is 0 Å². The van der Waals surface area contributed by atoms with Crippen LogP contribution < -0.4 is 0 Å². The smallest absolute Gasteiger partial charge is 0.324 e. The molecule has 60 heavy (non-hydrogen) atoms. The Bertz CT molecular complexity index is 2580. The van der Waals surface area contributed by atoms with E-state index in [2.05, 4.69) is 174 Å². The van der Waals surface area contributed by atoms with Crippen molar-refractivity contribution < 1.29 is 8.63 Å². The van der Waals surface area contributed by atoms with Gasteiger partial charge in [-0.15, -0.1) is 0 Å².